The number of carbonyl (C=O) groups excluding carboxylic acids is 2. The molecule has 4 aromatic carbocycles. The molecule has 0 fully saturated rings. The maximum absolute atomic E-state index is 13.8. The molecule has 65 heavy (non-hydrogen) atoms. The lowest BCUT2D eigenvalue weighted by Gasteiger charge is -2.43. The lowest BCUT2D eigenvalue weighted by molar-refractivity contribution is -0.393. The number of hydrogen-bond donors (Lipinski definition) is 2. The summed E-state index contributed by atoms with van der Waals surface area (Å²) in [5.41, 5.74) is 6.87. The lowest BCUT2D eigenvalue weighted by atomic mass is 9.84. The molecule has 0 aromatic heterocycles. The summed E-state index contributed by atoms with van der Waals surface area (Å²) in [6, 6.07) is 17.1. The van der Waals surface area contributed by atoms with E-state index in [1.165, 1.54) is 34.6 Å². The SMILES string of the molecule is CC1=CC(C)(C)N(C)c2cc3c(cc21)C(c1cc(C(=O)NCCOCCOCCNc2ccc([N+](=O)[O-])cc2[N+](=O)[O-])ccc1C(=O)[O-])=c1cc2c(cc1[Si]3(C)C)=[N+](C)C(C)(C)C=C2C. The first kappa shape index (κ1) is 46.5. The van der Waals surface area contributed by atoms with Gasteiger partial charge in [-0.25, -0.2) is 4.58 Å². The second-order valence-electron chi connectivity index (χ2n) is 18.6. The van der Waals surface area contributed by atoms with Gasteiger partial charge < -0.3 is 34.9 Å². The van der Waals surface area contributed by atoms with E-state index in [2.05, 4.69) is 125 Å². The van der Waals surface area contributed by atoms with Crippen LogP contribution >= 0.6 is 0 Å². The van der Waals surface area contributed by atoms with Crippen LogP contribution in [0.4, 0.5) is 22.7 Å². The molecule has 7 rings (SSSR count). The van der Waals surface area contributed by atoms with Gasteiger partial charge in [0.15, 0.2) is 5.54 Å². The van der Waals surface area contributed by atoms with Crippen molar-refractivity contribution in [2.24, 2.45) is 0 Å². The number of carbonyl (C=O) groups is 2. The average molecular weight is 901 g/mol. The topological polar surface area (TPSA) is 192 Å². The van der Waals surface area contributed by atoms with Crippen LogP contribution in [0.2, 0.25) is 13.1 Å². The highest BCUT2D eigenvalue weighted by Crippen LogP contribution is 2.41. The molecule has 1 amide bonds. The molecule has 0 spiro atoms. The van der Waals surface area contributed by atoms with Gasteiger partial charge in [-0.1, -0.05) is 25.2 Å². The Morgan fingerprint density at radius 3 is 2.12 bits per heavy atom. The highest BCUT2D eigenvalue weighted by Gasteiger charge is 2.41. The van der Waals surface area contributed by atoms with E-state index in [9.17, 15) is 34.9 Å². The summed E-state index contributed by atoms with van der Waals surface area (Å²) in [6.45, 7) is 19.0. The van der Waals surface area contributed by atoms with Crippen molar-refractivity contribution >= 4 is 69.8 Å². The molecule has 3 aliphatic rings. The monoisotopic (exact) mass is 900 g/mol. The standard InChI is InChI=1S/C49H56N6O9Si/c1-29-27-48(3,4)52(7)40-25-43-37(23-34(29)40)45(38-24-35-30(2)28-49(5,6)53(8)41(35)26-44(38)65(43,9)10)36-21-31(11-13-33(36)47(57)58)46(56)51-16-18-64-20-19-63-17-15-50-39-14-12-32(54(59)60)22-42(39)55(61)62/h11-14,21-28,50H,15-20H2,1-10H3,(H-,51,56,57,58). The molecule has 0 atom stereocenters. The molecule has 4 aromatic rings. The smallest absolute Gasteiger partial charge is 0.299 e. The van der Waals surface area contributed by atoms with Crippen LogP contribution in [0.5, 0.6) is 0 Å². The third kappa shape index (κ3) is 8.72. The zero-order valence-corrected chi connectivity index (χ0v) is 39.6. The van der Waals surface area contributed by atoms with Crippen LogP contribution in [0.1, 0.15) is 84.5 Å². The molecule has 2 N–H and O–H groups in total. The van der Waals surface area contributed by atoms with Crippen molar-refractivity contribution in [3.63, 3.8) is 0 Å². The molecule has 15 nitrogen and oxygen atoms in total. The molecule has 0 bridgehead atoms. The summed E-state index contributed by atoms with van der Waals surface area (Å²) in [5.74, 6) is -1.73. The van der Waals surface area contributed by atoms with Crippen molar-refractivity contribution < 1.29 is 34.0 Å². The molecule has 0 saturated carbocycles. The lowest BCUT2D eigenvalue weighted by Crippen LogP contribution is -2.64. The number of amides is 1. The van der Waals surface area contributed by atoms with Crippen LogP contribution in [0.15, 0.2) is 72.8 Å². The maximum Gasteiger partial charge on any atom is 0.299 e. The number of nitrogens with one attached hydrogen (secondary N) is 2. The molecule has 0 radical (unpaired) electrons. The number of aromatic carboxylic acids is 1. The molecule has 16 heteroatoms. The number of likely N-dealkylation sites (N-methyl/N-ethyl adjacent to an activating group) is 2. The number of carboxylic acids is 1. The number of non-ortho nitro benzene ring substituents is 1. The molecule has 0 aliphatic carbocycles. The van der Waals surface area contributed by atoms with Gasteiger partial charge in [0.2, 0.25) is 5.36 Å². The van der Waals surface area contributed by atoms with Gasteiger partial charge in [-0.05, 0) is 114 Å². The van der Waals surface area contributed by atoms with Crippen LogP contribution in [-0.4, -0.2) is 94.5 Å². The Labute approximate surface area is 379 Å². The molecule has 0 saturated heterocycles. The summed E-state index contributed by atoms with van der Waals surface area (Å²) in [6.07, 6.45) is 4.53. The number of fused-ring (bicyclic) bond motifs is 4. The fourth-order valence-corrected chi connectivity index (χ4v) is 12.4. The molecule has 3 heterocycles. The van der Waals surface area contributed by atoms with Crippen molar-refractivity contribution in [3.8, 4) is 0 Å². The Balaban J connectivity index is 1.15. The van der Waals surface area contributed by atoms with Gasteiger partial charge in [0, 0.05) is 74.1 Å². The number of ether oxygens (including phenoxy) is 2. The van der Waals surface area contributed by atoms with Crippen molar-refractivity contribution in [2.75, 3.05) is 63.8 Å². The summed E-state index contributed by atoms with van der Waals surface area (Å²) in [5, 5.41) is 45.7. The molecule has 3 aliphatic heterocycles. The minimum atomic E-state index is -2.49. The van der Waals surface area contributed by atoms with Crippen molar-refractivity contribution in [3.05, 3.63) is 137 Å². The van der Waals surface area contributed by atoms with E-state index in [1.807, 2.05) is 0 Å². The minimum absolute atomic E-state index is 0.00852. The predicted octanol–water partition coefficient (Wildman–Crippen LogP) is 4.07. The normalized spacial score (nSPS) is 16.3. The van der Waals surface area contributed by atoms with E-state index in [-0.39, 0.29) is 73.1 Å². The van der Waals surface area contributed by atoms with Gasteiger partial charge in [-0.2, -0.15) is 0 Å². The van der Waals surface area contributed by atoms with Crippen LogP contribution in [-0.2, 0) is 9.47 Å². The van der Waals surface area contributed by atoms with Crippen molar-refractivity contribution in [2.45, 2.75) is 65.7 Å². The Hall–Kier alpha value is -6.49. The predicted molar refractivity (Wildman–Crippen MR) is 255 cm³/mol. The van der Waals surface area contributed by atoms with E-state index >= 15 is 0 Å². The highest BCUT2D eigenvalue weighted by atomic mass is 28.3. The number of nitro benzene ring substituents is 2. The summed E-state index contributed by atoms with van der Waals surface area (Å²) < 4.78 is 13.5. The van der Waals surface area contributed by atoms with E-state index in [4.69, 9.17) is 9.47 Å². The third-order valence-corrected chi connectivity index (χ3v) is 16.7. The fraction of sp³-hybridized carbons (Fsp3) is 0.367. The average Bonchev–Trinajstić information content (AvgIpc) is 3.24. The first-order valence-corrected chi connectivity index (χ1v) is 24.6. The van der Waals surface area contributed by atoms with Crippen LogP contribution in [0, 0.1) is 20.2 Å². The van der Waals surface area contributed by atoms with Crippen LogP contribution in [0.25, 0.3) is 16.7 Å². The number of hydrogen-bond acceptors (Lipinski definition) is 11. The summed E-state index contributed by atoms with van der Waals surface area (Å²) in [4.78, 5) is 50.2. The third-order valence-electron chi connectivity index (χ3n) is 13.2. The largest absolute Gasteiger partial charge is 0.545 e. The maximum atomic E-state index is 13.8. The van der Waals surface area contributed by atoms with Gasteiger partial charge >= 0.3 is 0 Å². The van der Waals surface area contributed by atoms with Gasteiger partial charge in [0.05, 0.1) is 53.8 Å². The molecule has 0 unspecified atom stereocenters. The zero-order valence-electron chi connectivity index (χ0n) is 38.6. The minimum Gasteiger partial charge on any atom is -0.545 e. The first-order valence-electron chi connectivity index (χ1n) is 21.6. The Morgan fingerprint density at radius 2 is 1.46 bits per heavy atom. The van der Waals surface area contributed by atoms with E-state index in [0.29, 0.717) is 5.56 Å². The first-order chi connectivity index (χ1) is 30.5. The van der Waals surface area contributed by atoms with Crippen molar-refractivity contribution in [1.29, 1.82) is 0 Å². The number of benzene rings is 4. The zero-order chi connectivity index (χ0) is 47.3. The number of carboxylic acid groups (broad SMARTS) is 1. The number of allylic oxidation sites excluding steroid dienone is 2. The quantitative estimate of drug-likeness (QED) is 0.0575. The Morgan fingerprint density at radius 1 is 0.785 bits per heavy atom. The summed E-state index contributed by atoms with van der Waals surface area (Å²) >= 11 is 0. The summed E-state index contributed by atoms with van der Waals surface area (Å²) in [7, 11) is 1.75. The molecule has 340 valence electrons. The van der Waals surface area contributed by atoms with Gasteiger partial charge in [-0.3, -0.25) is 25.0 Å². The number of anilines is 2. The number of rotatable bonds is 15. The van der Waals surface area contributed by atoms with Crippen LogP contribution in [0.3, 0.4) is 0 Å². The number of nitrogens with zero attached hydrogens (tertiary/aromatic N) is 4. The fourth-order valence-electron chi connectivity index (χ4n) is 9.34. The van der Waals surface area contributed by atoms with Gasteiger partial charge in [0.1, 0.15) is 20.8 Å². The van der Waals surface area contributed by atoms with Gasteiger partial charge in [-0.15, -0.1) is 0 Å². The van der Waals surface area contributed by atoms with E-state index < -0.39 is 35.5 Å². The molecular formula is C49H56N6O9Si. The number of nitro groups is 2. The van der Waals surface area contributed by atoms with E-state index in [1.54, 1.807) is 6.07 Å². The van der Waals surface area contributed by atoms with E-state index in [0.717, 1.165) is 55.7 Å². The van der Waals surface area contributed by atoms with Crippen LogP contribution < -0.4 is 46.2 Å². The Kier molecular flexibility index (Phi) is 12.5. The second-order valence-corrected chi connectivity index (χ2v) is 22.9. The molecular weight excluding hydrogens is 845 g/mol. The van der Waals surface area contributed by atoms with Gasteiger partial charge in [0.25, 0.3) is 17.3 Å². The Bertz CT molecular complexity index is 2880. The second kappa shape index (κ2) is 17.5. The van der Waals surface area contributed by atoms with Crippen molar-refractivity contribution in [1.82, 2.24) is 9.89 Å². The highest BCUT2D eigenvalue weighted by molar-refractivity contribution is 7.01.